The van der Waals surface area contributed by atoms with E-state index in [1.54, 1.807) is 0 Å². The number of nitriles is 1. The van der Waals surface area contributed by atoms with Crippen molar-refractivity contribution in [3.63, 3.8) is 0 Å². The van der Waals surface area contributed by atoms with Crippen LogP contribution in [-0.4, -0.2) is 55.9 Å². The largest absolute Gasteiger partial charge is 0.375 e. The maximum atomic E-state index is 9.03. The molecule has 2 atom stereocenters. The number of rotatable bonds is 4. The monoisotopic (exact) mass is 342 g/mol. The SMILES string of the molecule is CCNC(=NCc1cccc(C#N)c1)N1CCOC(C2CCCO2)C1. The molecule has 0 amide bonds. The fraction of sp³-hybridized carbons (Fsp3) is 0.579. The van der Waals surface area contributed by atoms with Crippen molar-refractivity contribution in [2.75, 3.05) is 32.8 Å². The van der Waals surface area contributed by atoms with Crippen LogP contribution in [0.15, 0.2) is 29.3 Å². The third kappa shape index (κ3) is 4.71. The minimum absolute atomic E-state index is 0.113. The average molecular weight is 342 g/mol. The molecule has 1 N–H and O–H groups in total. The first-order valence-electron chi connectivity index (χ1n) is 9.05. The van der Waals surface area contributed by atoms with E-state index >= 15 is 0 Å². The molecule has 1 aromatic rings. The average Bonchev–Trinajstić information content (AvgIpc) is 3.20. The summed E-state index contributed by atoms with van der Waals surface area (Å²) in [6, 6.07) is 9.78. The van der Waals surface area contributed by atoms with Gasteiger partial charge in [0, 0.05) is 26.2 Å². The predicted molar refractivity (Wildman–Crippen MR) is 96.3 cm³/mol. The highest BCUT2D eigenvalue weighted by Gasteiger charge is 2.32. The van der Waals surface area contributed by atoms with Crippen molar-refractivity contribution in [1.82, 2.24) is 10.2 Å². The van der Waals surface area contributed by atoms with Gasteiger partial charge >= 0.3 is 0 Å². The molecule has 0 radical (unpaired) electrons. The van der Waals surface area contributed by atoms with Crippen LogP contribution < -0.4 is 5.32 Å². The summed E-state index contributed by atoms with van der Waals surface area (Å²) in [6.45, 7) is 6.61. The summed E-state index contributed by atoms with van der Waals surface area (Å²) in [5.74, 6) is 0.899. The van der Waals surface area contributed by atoms with Crippen molar-refractivity contribution in [1.29, 1.82) is 5.26 Å². The van der Waals surface area contributed by atoms with E-state index < -0.39 is 0 Å². The van der Waals surface area contributed by atoms with Gasteiger partial charge in [-0.2, -0.15) is 5.26 Å². The Kier molecular flexibility index (Phi) is 6.26. The lowest BCUT2D eigenvalue weighted by molar-refractivity contribution is -0.0817. The molecule has 0 aliphatic carbocycles. The van der Waals surface area contributed by atoms with E-state index in [0.29, 0.717) is 18.7 Å². The fourth-order valence-electron chi connectivity index (χ4n) is 3.32. The molecule has 0 saturated carbocycles. The highest BCUT2D eigenvalue weighted by Crippen LogP contribution is 2.21. The Morgan fingerprint density at radius 1 is 1.36 bits per heavy atom. The van der Waals surface area contributed by atoms with E-state index in [4.69, 9.17) is 19.7 Å². The smallest absolute Gasteiger partial charge is 0.194 e. The van der Waals surface area contributed by atoms with Gasteiger partial charge in [-0.15, -0.1) is 0 Å². The number of nitrogens with zero attached hydrogens (tertiary/aromatic N) is 3. The number of ether oxygens (including phenoxy) is 2. The Morgan fingerprint density at radius 3 is 3.00 bits per heavy atom. The fourth-order valence-corrected chi connectivity index (χ4v) is 3.32. The summed E-state index contributed by atoms with van der Waals surface area (Å²) in [5.41, 5.74) is 1.71. The van der Waals surface area contributed by atoms with Crippen molar-refractivity contribution in [2.45, 2.75) is 38.5 Å². The lowest BCUT2D eigenvalue weighted by atomic mass is 10.1. The predicted octanol–water partition coefficient (Wildman–Crippen LogP) is 1.90. The van der Waals surface area contributed by atoms with Gasteiger partial charge in [0.2, 0.25) is 0 Å². The van der Waals surface area contributed by atoms with Crippen LogP contribution in [0.5, 0.6) is 0 Å². The molecule has 6 heteroatoms. The second-order valence-corrected chi connectivity index (χ2v) is 6.39. The van der Waals surface area contributed by atoms with Crippen LogP contribution in [-0.2, 0) is 16.0 Å². The Balaban J connectivity index is 1.67. The minimum Gasteiger partial charge on any atom is -0.375 e. The summed E-state index contributed by atoms with van der Waals surface area (Å²) in [6.07, 6.45) is 2.51. The zero-order valence-electron chi connectivity index (χ0n) is 14.8. The number of hydrogen-bond acceptors (Lipinski definition) is 4. The molecular formula is C19H26N4O2. The van der Waals surface area contributed by atoms with Gasteiger partial charge in [0.05, 0.1) is 30.9 Å². The van der Waals surface area contributed by atoms with Gasteiger partial charge in [0.1, 0.15) is 6.10 Å². The van der Waals surface area contributed by atoms with Gasteiger partial charge in [-0.05, 0) is 37.5 Å². The molecule has 2 saturated heterocycles. The van der Waals surface area contributed by atoms with Crippen LogP contribution in [0.3, 0.4) is 0 Å². The zero-order chi connectivity index (χ0) is 17.5. The molecule has 0 spiro atoms. The minimum atomic E-state index is 0.113. The summed E-state index contributed by atoms with van der Waals surface area (Å²) < 4.78 is 11.7. The van der Waals surface area contributed by atoms with Crippen molar-refractivity contribution < 1.29 is 9.47 Å². The number of hydrogen-bond donors (Lipinski definition) is 1. The second kappa shape index (κ2) is 8.84. The number of benzene rings is 1. The summed E-state index contributed by atoms with van der Waals surface area (Å²) in [4.78, 5) is 7.03. The third-order valence-electron chi connectivity index (χ3n) is 4.57. The Bertz CT molecular complexity index is 635. The molecule has 6 nitrogen and oxygen atoms in total. The molecule has 3 rings (SSSR count). The number of morpholine rings is 1. The second-order valence-electron chi connectivity index (χ2n) is 6.39. The number of aliphatic imine (C=N–C) groups is 1. The van der Waals surface area contributed by atoms with Crippen LogP contribution in [0.25, 0.3) is 0 Å². The number of nitrogens with one attached hydrogen (secondary N) is 1. The van der Waals surface area contributed by atoms with Gasteiger partial charge < -0.3 is 19.7 Å². The third-order valence-corrected chi connectivity index (χ3v) is 4.57. The first-order valence-corrected chi connectivity index (χ1v) is 9.05. The Morgan fingerprint density at radius 2 is 2.24 bits per heavy atom. The molecular weight excluding hydrogens is 316 g/mol. The van der Waals surface area contributed by atoms with Crippen LogP contribution in [0.2, 0.25) is 0 Å². The molecule has 2 unspecified atom stereocenters. The zero-order valence-corrected chi connectivity index (χ0v) is 14.8. The molecule has 134 valence electrons. The first kappa shape index (κ1) is 17.7. The van der Waals surface area contributed by atoms with Crippen LogP contribution in [0.4, 0.5) is 0 Å². The van der Waals surface area contributed by atoms with Crippen molar-refractivity contribution in [3.8, 4) is 6.07 Å². The normalized spacial score (nSPS) is 24.2. The summed E-state index contributed by atoms with van der Waals surface area (Å²) >= 11 is 0. The van der Waals surface area contributed by atoms with E-state index in [-0.39, 0.29) is 12.2 Å². The lowest BCUT2D eigenvalue weighted by Crippen LogP contribution is -2.53. The van der Waals surface area contributed by atoms with E-state index in [0.717, 1.165) is 50.6 Å². The van der Waals surface area contributed by atoms with E-state index in [2.05, 4.69) is 23.2 Å². The van der Waals surface area contributed by atoms with Gasteiger partial charge in [-0.25, -0.2) is 4.99 Å². The van der Waals surface area contributed by atoms with Crippen LogP contribution in [0.1, 0.15) is 30.9 Å². The Hall–Kier alpha value is -2.10. The van der Waals surface area contributed by atoms with Crippen LogP contribution >= 0.6 is 0 Å². The maximum absolute atomic E-state index is 9.03. The van der Waals surface area contributed by atoms with Crippen molar-refractivity contribution in [2.24, 2.45) is 4.99 Å². The molecule has 0 aromatic heterocycles. The highest BCUT2D eigenvalue weighted by molar-refractivity contribution is 5.80. The van der Waals surface area contributed by atoms with E-state index in [1.165, 1.54) is 0 Å². The van der Waals surface area contributed by atoms with E-state index in [1.807, 2.05) is 24.3 Å². The highest BCUT2D eigenvalue weighted by atomic mass is 16.5. The maximum Gasteiger partial charge on any atom is 0.194 e. The molecule has 2 fully saturated rings. The molecule has 2 heterocycles. The molecule has 0 bridgehead atoms. The quantitative estimate of drug-likeness (QED) is 0.668. The van der Waals surface area contributed by atoms with Gasteiger partial charge in [-0.1, -0.05) is 12.1 Å². The standard InChI is InChI=1S/C19H26N4O2/c1-2-21-19(22-13-16-6-3-5-15(11-16)12-20)23-8-10-25-18(14-23)17-7-4-9-24-17/h3,5-6,11,17-18H,2,4,7-10,13-14H2,1H3,(H,21,22). The van der Waals surface area contributed by atoms with Gasteiger partial charge in [-0.3, -0.25) is 0 Å². The summed E-state index contributed by atoms with van der Waals surface area (Å²) in [7, 11) is 0. The van der Waals surface area contributed by atoms with Gasteiger partial charge in [0.15, 0.2) is 5.96 Å². The molecule has 25 heavy (non-hydrogen) atoms. The Labute approximate surface area is 149 Å². The number of guanidine groups is 1. The molecule has 1 aromatic carbocycles. The van der Waals surface area contributed by atoms with Gasteiger partial charge in [0.25, 0.3) is 0 Å². The van der Waals surface area contributed by atoms with Crippen molar-refractivity contribution in [3.05, 3.63) is 35.4 Å². The lowest BCUT2D eigenvalue weighted by Gasteiger charge is -2.37. The van der Waals surface area contributed by atoms with E-state index in [9.17, 15) is 0 Å². The molecule has 2 aliphatic heterocycles. The first-order chi connectivity index (χ1) is 12.3. The van der Waals surface area contributed by atoms with Crippen LogP contribution in [0, 0.1) is 11.3 Å². The summed E-state index contributed by atoms with van der Waals surface area (Å²) in [5, 5.41) is 12.4. The topological polar surface area (TPSA) is 69.9 Å². The molecule has 2 aliphatic rings. The van der Waals surface area contributed by atoms with Crippen molar-refractivity contribution >= 4 is 5.96 Å².